The van der Waals surface area contributed by atoms with Gasteiger partial charge in [0.25, 0.3) is 0 Å². The highest BCUT2D eigenvalue weighted by molar-refractivity contribution is 5.87. The van der Waals surface area contributed by atoms with E-state index in [1.54, 1.807) is 5.92 Å². The molecule has 0 aromatic heterocycles. The summed E-state index contributed by atoms with van der Waals surface area (Å²) in [4.78, 5) is 10.2. The van der Waals surface area contributed by atoms with E-state index in [4.69, 9.17) is 0 Å². The van der Waals surface area contributed by atoms with E-state index in [1.165, 1.54) is 0 Å². The van der Waals surface area contributed by atoms with Crippen LogP contribution in [0.1, 0.15) is 6.92 Å². The smallest absolute Gasteiger partial charge is 0.394 e. The van der Waals surface area contributed by atoms with Crippen molar-refractivity contribution in [3.05, 3.63) is 0 Å². The predicted octanol–water partition coefficient (Wildman–Crippen LogP) is 1.36. The quantitative estimate of drug-likeness (QED) is 0.364. The predicted molar refractivity (Wildman–Crippen MR) is 35.0 cm³/mol. The minimum Gasteiger partial charge on any atom is -0.455 e. The van der Waals surface area contributed by atoms with Crippen LogP contribution in [0.15, 0.2) is 0 Å². The van der Waals surface area contributed by atoms with E-state index in [9.17, 15) is 18.0 Å². The molecule has 0 fully saturated rings. The molecule has 0 rings (SSSR count). The molecule has 0 amide bonds. The van der Waals surface area contributed by atoms with Gasteiger partial charge in [-0.15, -0.1) is 6.42 Å². The molecule has 0 heterocycles. The Kier molecular flexibility index (Phi) is 3.61. The summed E-state index contributed by atoms with van der Waals surface area (Å²) in [6.45, 7) is 0.177. The van der Waals surface area contributed by atoms with Gasteiger partial charge in [-0.1, -0.05) is 6.92 Å². The Labute approximate surface area is 67.7 Å². The zero-order valence-electron chi connectivity index (χ0n) is 6.31. The van der Waals surface area contributed by atoms with E-state index in [-0.39, 0.29) is 0 Å². The van der Waals surface area contributed by atoms with Crippen LogP contribution in [0, 0.1) is 18.3 Å². The number of alkyl halides is 3. The van der Waals surface area contributed by atoms with Gasteiger partial charge in [0, 0.05) is 5.92 Å². The zero-order valence-corrected chi connectivity index (χ0v) is 6.31. The highest BCUT2D eigenvalue weighted by Crippen LogP contribution is 2.25. The normalized spacial score (nSPS) is 13.2. The fraction of sp³-hybridized carbons (Fsp3) is 0.571. The lowest BCUT2D eigenvalue weighted by Gasteiger charge is -2.13. The van der Waals surface area contributed by atoms with Crippen LogP contribution in [0.5, 0.6) is 0 Å². The summed E-state index contributed by atoms with van der Waals surface area (Å²) < 4.78 is 39.4. The van der Waals surface area contributed by atoms with Gasteiger partial charge >= 0.3 is 12.1 Å². The van der Waals surface area contributed by atoms with Crippen molar-refractivity contribution in [1.29, 1.82) is 0 Å². The molecule has 0 aromatic rings. The molecule has 0 radical (unpaired) electrons. The molecule has 1 unspecified atom stereocenters. The first-order chi connectivity index (χ1) is 5.38. The van der Waals surface area contributed by atoms with Crippen molar-refractivity contribution >= 4 is 5.97 Å². The average Bonchev–Trinajstić information content (AvgIpc) is 1.97. The van der Waals surface area contributed by atoms with Crippen molar-refractivity contribution in [2.45, 2.75) is 13.1 Å². The van der Waals surface area contributed by atoms with E-state index in [0.29, 0.717) is 0 Å². The van der Waals surface area contributed by atoms with Crippen LogP contribution in [0.3, 0.4) is 0 Å². The van der Waals surface area contributed by atoms with Gasteiger partial charge in [0.1, 0.15) is 6.61 Å². The first-order valence-corrected chi connectivity index (χ1v) is 3.08. The van der Waals surface area contributed by atoms with E-state index in [2.05, 4.69) is 11.2 Å². The molecule has 0 aliphatic heterocycles. The summed E-state index contributed by atoms with van der Waals surface area (Å²) in [6, 6.07) is 0. The van der Waals surface area contributed by atoms with Gasteiger partial charge in [-0.3, -0.25) is 0 Å². The number of hydrogen-bond acceptors (Lipinski definition) is 2. The molecule has 0 aliphatic carbocycles. The van der Waals surface area contributed by atoms with Gasteiger partial charge < -0.3 is 4.74 Å². The molecular formula is C7H7F3O2. The Hall–Kier alpha value is -1.18. The summed E-state index contributed by atoms with van der Waals surface area (Å²) in [5.74, 6) is -1.22. The number of carbonyl (C=O) groups is 1. The first-order valence-electron chi connectivity index (χ1n) is 3.08. The molecule has 0 saturated carbocycles. The van der Waals surface area contributed by atoms with Crippen LogP contribution in [-0.2, 0) is 9.53 Å². The van der Waals surface area contributed by atoms with E-state index >= 15 is 0 Å². The Morgan fingerprint density at radius 2 is 2.17 bits per heavy atom. The molecule has 68 valence electrons. The third-order valence-corrected chi connectivity index (χ3v) is 1.14. The fourth-order valence-electron chi connectivity index (χ4n) is 0.337. The number of halogens is 3. The maximum Gasteiger partial charge on any atom is 0.394 e. The van der Waals surface area contributed by atoms with Gasteiger partial charge in [-0.05, 0) is 0 Å². The van der Waals surface area contributed by atoms with Gasteiger partial charge in [0.05, 0.1) is 5.92 Å². The molecule has 0 bridgehead atoms. The topological polar surface area (TPSA) is 26.3 Å². The summed E-state index contributed by atoms with van der Waals surface area (Å²) in [5.41, 5.74) is 0. The summed E-state index contributed by atoms with van der Waals surface area (Å²) >= 11 is 0. The molecule has 0 aromatic carbocycles. The molecule has 0 aliphatic rings. The van der Waals surface area contributed by atoms with Gasteiger partial charge in [-0.25, -0.2) is 4.79 Å². The third kappa shape index (κ3) is 3.86. The molecule has 12 heavy (non-hydrogen) atoms. The molecule has 1 atom stereocenters. The lowest BCUT2D eigenvalue weighted by Crippen LogP contribution is -2.25. The molecular weight excluding hydrogens is 173 g/mol. The second kappa shape index (κ2) is 4.00. The minimum atomic E-state index is -4.35. The number of hydrogen-bond donors (Lipinski definition) is 0. The van der Waals surface area contributed by atoms with Crippen molar-refractivity contribution in [1.82, 2.24) is 0 Å². The van der Waals surface area contributed by atoms with E-state index in [0.717, 1.165) is 6.92 Å². The summed E-state index contributed by atoms with van der Waals surface area (Å²) in [5, 5.41) is 0. The fourth-order valence-corrected chi connectivity index (χ4v) is 0.337. The largest absolute Gasteiger partial charge is 0.455 e. The van der Waals surface area contributed by atoms with E-state index < -0.39 is 24.7 Å². The minimum absolute atomic E-state index is 0.730. The van der Waals surface area contributed by atoms with Gasteiger partial charge in [-0.2, -0.15) is 13.2 Å². The number of carbonyl (C=O) groups excluding carboxylic acids is 1. The molecule has 0 spiro atoms. The zero-order chi connectivity index (χ0) is 9.78. The van der Waals surface area contributed by atoms with Crippen LogP contribution in [-0.4, -0.2) is 18.8 Å². The average molecular weight is 180 g/mol. The Balaban J connectivity index is 3.82. The highest BCUT2D eigenvalue weighted by atomic mass is 19.4. The SMILES string of the molecule is C#CC(=O)OCC(C)C(F)(F)F. The van der Waals surface area contributed by atoms with Crippen LogP contribution in [0.25, 0.3) is 0 Å². The maximum absolute atomic E-state index is 11.8. The van der Waals surface area contributed by atoms with Crippen molar-refractivity contribution in [3.8, 4) is 12.3 Å². The molecule has 0 saturated heterocycles. The lowest BCUT2D eigenvalue weighted by atomic mass is 10.2. The molecule has 2 nitrogen and oxygen atoms in total. The van der Waals surface area contributed by atoms with Crippen LogP contribution in [0.2, 0.25) is 0 Å². The Bertz CT molecular complexity index is 202. The number of rotatable bonds is 2. The van der Waals surface area contributed by atoms with Gasteiger partial charge in [0.15, 0.2) is 0 Å². The Morgan fingerprint density at radius 1 is 1.67 bits per heavy atom. The lowest BCUT2D eigenvalue weighted by molar-refractivity contribution is -0.184. The standard InChI is InChI=1S/C7H7F3O2/c1-3-6(11)12-4-5(2)7(8,9)10/h1,5H,4H2,2H3. The summed E-state index contributed by atoms with van der Waals surface area (Å²) in [7, 11) is 0. The van der Waals surface area contributed by atoms with Crippen LogP contribution in [0.4, 0.5) is 13.2 Å². The van der Waals surface area contributed by atoms with E-state index in [1.807, 2.05) is 0 Å². The highest BCUT2D eigenvalue weighted by Gasteiger charge is 2.36. The maximum atomic E-state index is 11.8. The number of terminal acetylenes is 1. The third-order valence-electron chi connectivity index (χ3n) is 1.14. The number of esters is 1. The number of ether oxygens (including phenoxy) is 1. The van der Waals surface area contributed by atoms with Crippen molar-refractivity contribution < 1.29 is 22.7 Å². The monoisotopic (exact) mass is 180 g/mol. The second-order valence-electron chi connectivity index (χ2n) is 2.19. The second-order valence-corrected chi connectivity index (χ2v) is 2.19. The Morgan fingerprint density at radius 3 is 2.50 bits per heavy atom. The molecule has 5 heteroatoms. The van der Waals surface area contributed by atoms with Gasteiger partial charge in [0.2, 0.25) is 0 Å². The molecule has 0 N–H and O–H groups in total. The van der Waals surface area contributed by atoms with Crippen LogP contribution < -0.4 is 0 Å². The first kappa shape index (κ1) is 10.8. The van der Waals surface area contributed by atoms with Crippen molar-refractivity contribution in [3.63, 3.8) is 0 Å². The van der Waals surface area contributed by atoms with Crippen molar-refractivity contribution in [2.24, 2.45) is 5.92 Å². The van der Waals surface area contributed by atoms with Crippen LogP contribution >= 0.6 is 0 Å². The summed E-state index contributed by atoms with van der Waals surface area (Å²) in [6.07, 6.45) is 0.209. The van der Waals surface area contributed by atoms with Crippen molar-refractivity contribution in [2.75, 3.05) is 6.61 Å².